The van der Waals surface area contributed by atoms with Gasteiger partial charge in [-0.3, -0.25) is 9.78 Å². The first kappa shape index (κ1) is 14.4. The molecule has 20 heavy (non-hydrogen) atoms. The van der Waals surface area contributed by atoms with Crippen molar-refractivity contribution < 1.29 is 26.7 Å². The lowest BCUT2D eigenvalue weighted by Crippen LogP contribution is -2.06. The molecule has 1 heterocycles. The molecule has 0 radical (unpaired) electrons. The molecule has 0 aliphatic rings. The molecule has 0 saturated carbocycles. The van der Waals surface area contributed by atoms with Crippen molar-refractivity contribution in [3.63, 3.8) is 0 Å². The lowest BCUT2D eigenvalue weighted by Gasteiger charge is -2.10. The zero-order valence-corrected chi connectivity index (χ0v) is 10.1. The average Bonchev–Trinajstić information content (AvgIpc) is 2.43. The fourth-order valence-electron chi connectivity index (χ4n) is 1.59. The van der Waals surface area contributed by atoms with Crippen molar-refractivity contribution in [3.05, 3.63) is 52.1 Å². The van der Waals surface area contributed by atoms with E-state index in [9.17, 15) is 26.7 Å². The summed E-state index contributed by atoms with van der Waals surface area (Å²) in [7, 11) is 0. The van der Waals surface area contributed by atoms with Crippen LogP contribution in [0.15, 0.2) is 12.3 Å². The molecule has 8 heteroatoms. The molecule has 0 aliphatic heterocycles. The molecular weight excluding hydrogens is 305 g/mol. The van der Waals surface area contributed by atoms with Gasteiger partial charge in [-0.05, 0) is 6.07 Å². The molecule has 0 amide bonds. The van der Waals surface area contributed by atoms with Crippen molar-refractivity contribution in [2.45, 2.75) is 0 Å². The third-order valence-corrected chi connectivity index (χ3v) is 2.68. The van der Waals surface area contributed by atoms with Crippen molar-refractivity contribution in [2.75, 3.05) is 0 Å². The van der Waals surface area contributed by atoms with Gasteiger partial charge < -0.3 is 0 Å². The second kappa shape index (κ2) is 5.16. The summed E-state index contributed by atoms with van der Waals surface area (Å²) in [6.07, 6.45) is 1.12. The number of nitrogens with zero attached hydrogens (tertiary/aromatic N) is 1. The van der Waals surface area contributed by atoms with E-state index < -0.39 is 45.9 Å². The number of carbonyl (C=O) groups excluding carboxylic acids is 1. The number of aldehydes is 1. The van der Waals surface area contributed by atoms with Gasteiger partial charge in [0.2, 0.25) is 5.82 Å². The number of pyridine rings is 1. The highest BCUT2D eigenvalue weighted by atomic mass is 35.5. The highest BCUT2D eigenvalue weighted by Gasteiger charge is 2.28. The highest BCUT2D eigenvalue weighted by Crippen LogP contribution is 2.33. The second-order valence-electron chi connectivity index (χ2n) is 3.65. The standard InChI is InChI=1S/C12H3ClF5NO/c13-4-1-5(6(3-20)19-2-4)7-8(14)10(16)12(18)11(17)9(7)15/h1-3H. The molecule has 2 nitrogen and oxygen atoms in total. The van der Waals surface area contributed by atoms with Crippen LogP contribution in [0.2, 0.25) is 5.02 Å². The van der Waals surface area contributed by atoms with E-state index >= 15 is 0 Å². The van der Waals surface area contributed by atoms with Crippen LogP contribution in [0, 0.1) is 29.1 Å². The van der Waals surface area contributed by atoms with Gasteiger partial charge in [0.1, 0.15) is 5.69 Å². The van der Waals surface area contributed by atoms with E-state index in [1.807, 2.05) is 0 Å². The van der Waals surface area contributed by atoms with Gasteiger partial charge in [0.15, 0.2) is 29.6 Å². The van der Waals surface area contributed by atoms with Gasteiger partial charge in [0.05, 0.1) is 10.6 Å². The maximum Gasteiger partial charge on any atom is 0.200 e. The summed E-state index contributed by atoms with van der Waals surface area (Å²) in [6, 6.07) is 0.885. The molecule has 0 spiro atoms. The van der Waals surface area contributed by atoms with E-state index in [-0.39, 0.29) is 11.3 Å². The third kappa shape index (κ3) is 2.14. The Hall–Kier alpha value is -2.02. The van der Waals surface area contributed by atoms with E-state index in [1.165, 1.54) is 0 Å². The lowest BCUT2D eigenvalue weighted by molar-refractivity contribution is 0.111. The van der Waals surface area contributed by atoms with Crippen LogP contribution >= 0.6 is 11.6 Å². The van der Waals surface area contributed by atoms with Crippen molar-refractivity contribution in [1.29, 1.82) is 0 Å². The van der Waals surface area contributed by atoms with Crippen LogP contribution in [0.3, 0.4) is 0 Å². The molecule has 0 unspecified atom stereocenters. The average molecular weight is 308 g/mol. The molecule has 2 aromatic rings. The molecule has 0 atom stereocenters. The highest BCUT2D eigenvalue weighted by molar-refractivity contribution is 6.30. The number of carbonyl (C=O) groups is 1. The maximum absolute atomic E-state index is 13.6. The quantitative estimate of drug-likeness (QED) is 0.364. The van der Waals surface area contributed by atoms with Gasteiger partial charge in [-0.1, -0.05) is 11.6 Å². The van der Waals surface area contributed by atoms with Crippen LogP contribution < -0.4 is 0 Å². The minimum absolute atomic E-state index is 0.115. The van der Waals surface area contributed by atoms with Crippen LogP contribution in [0.4, 0.5) is 22.0 Å². The van der Waals surface area contributed by atoms with Gasteiger partial charge in [0.25, 0.3) is 0 Å². The number of aromatic nitrogens is 1. The van der Waals surface area contributed by atoms with E-state index in [1.54, 1.807) is 0 Å². The Kier molecular flexibility index (Phi) is 3.71. The zero-order chi connectivity index (χ0) is 15.0. The van der Waals surface area contributed by atoms with E-state index in [0.717, 1.165) is 12.3 Å². The van der Waals surface area contributed by atoms with Crippen LogP contribution in [0.1, 0.15) is 10.5 Å². The Morgan fingerprint density at radius 2 is 1.45 bits per heavy atom. The van der Waals surface area contributed by atoms with E-state index in [0.29, 0.717) is 0 Å². The predicted molar refractivity (Wildman–Crippen MR) is 59.9 cm³/mol. The Morgan fingerprint density at radius 3 is 1.95 bits per heavy atom. The van der Waals surface area contributed by atoms with Crippen LogP contribution in [-0.4, -0.2) is 11.3 Å². The fourth-order valence-corrected chi connectivity index (χ4v) is 1.74. The van der Waals surface area contributed by atoms with Gasteiger partial charge in [-0.15, -0.1) is 0 Å². The van der Waals surface area contributed by atoms with Crippen molar-refractivity contribution in [3.8, 4) is 11.1 Å². The smallest absolute Gasteiger partial charge is 0.200 e. The van der Waals surface area contributed by atoms with Crippen LogP contribution in [0.5, 0.6) is 0 Å². The van der Waals surface area contributed by atoms with E-state index in [4.69, 9.17) is 11.6 Å². The lowest BCUT2D eigenvalue weighted by atomic mass is 10.0. The number of hydrogen-bond acceptors (Lipinski definition) is 2. The Morgan fingerprint density at radius 1 is 0.950 bits per heavy atom. The van der Waals surface area contributed by atoms with Crippen LogP contribution in [0.25, 0.3) is 11.1 Å². The first-order valence-corrected chi connectivity index (χ1v) is 5.38. The van der Waals surface area contributed by atoms with Gasteiger partial charge >= 0.3 is 0 Å². The molecule has 2 rings (SSSR count). The maximum atomic E-state index is 13.6. The largest absolute Gasteiger partial charge is 0.296 e. The minimum atomic E-state index is -2.29. The zero-order valence-electron chi connectivity index (χ0n) is 9.36. The van der Waals surface area contributed by atoms with Crippen LogP contribution in [-0.2, 0) is 0 Å². The van der Waals surface area contributed by atoms with Gasteiger partial charge in [-0.2, -0.15) is 0 Å². The monoisotopic (exact) mass is 307 g/mol. The molecule has 1 aromatic heterocycles. The Labute approximate surface area is 113 Å². The van der Waals surface area contributed by atoms with Gasteiger partial charge in [-0.25, -0.2) is 22.0 Å². The summed E-state index contributed by atoms with van der Waals surface area (Å²) < 4.78 is 66.4. The van der Waals surface area contributed by atoms with E-state index in [2.05, 4.69) is 4.98 Å². The summed E-state index contributed by atoms with van der Waals surface area (Å²) in [5.74, 6) is -10.6. The second-order valence-corrected chi connectivity index (χ2v) is 4.09. The third-order valence-electron chi connectivity index (χ3n) is 2.48. The Balaban J connectivity index is 2.90. The molecule has 0 N–H and O–H groups in total. The summed E-state index contributed by atoms with van der Waals surface area (Å²) in [4.78, 5) is 14.2. The molecule has 1 aromatic carbocycles. The number of benzene rings is 1. The van der Waals surface area contributed by atoms with Crippen molar-refractivity contribution in [2.24, 2.45) is 0 Å². The minimum Gasteiger partial charge on any atom is -0.296 e. The van der Waals surface area contributed by atoms with Gasteiger partial charge in [0, 0.05) is 11.8 Å². The molecule has 0 saturated heterocycles. The SMILES string of the molecule is O=Cc1ncc(Cl)cc1-c1c(F)c(F)c(F)c(F)c1F. The summed E-state index contributed by atoms with van der Waals surface area (Å²) in [5.41, 5.74) is -2.34. The summed E-state index contributed by atoms with van der Waals surface area (Å²) in [6.45, 7) is 0. The number of rotatable bonds is 2. The molecule has 0 aliphatic carbocycles. The number of hydrogen-bond donors (Lipinski definition) is 0. The normalized spacial score (nSPS) is 10.7. The van der Waals surface area contributed by atoms with Crippen molar-refractivity contribution in [1.82, 2.24) is 4.98 Å². The summed E-state index contributed by atoms with van der Waals surface area (Å²) in [5, 5.41) is -0.130. The first-order chi connectivity index (χ1) is 9.38. The summed E-state index contributed by atoms with van der Waals surface area (Å²) >= 11 is 5.55. The Bertz CT molecular complexity index is 690. The first-order valence-electron chi connectivity index (χ1n) is 5.01. The molecular formula is C12H3ClF5NO. The topological polar surface area (TPSA) is 30.0 Å². The fraction of sp³-hybridized carbons (Fsp3) is 0. The molecule has 104 valence electrons. The molecule has 0 bridgehead atoms. The van der Waals surface area contributed by atoms with Crippen molar-refractivity contribution >= 4 is 17.9 Å². The molecule has 0 fully saturated rings. The predicted octanol–water partition coefficient (Wildman–Crippen LogP) is 3.91. The number of halogens is 6.